The monoisotopic (exact) mass is 352 g/mol. The maximum absolute atomic E-state index is 10.7. The van der Waals surface area contributed by atoms with E-state index in [-0.39, 0.29) is 5.69 Å². The molecule has 134 valence electrons. The first-order valence-electron chi connectivity index (χ1n) is 8.24. The van der Waals surface area contributed by atoms with Gasteiger partial charge in [-0.3, -0.25) is 15.0 Å². The molecule has 0 saturated carbocycles. The smallest absolute Gasteiger partial charge is 0.269 e. The van der Waals surface area contributed by atoms with Crippen molar-refractivity contribution < 1.29 is 9.34 Å². The lowest BCUT2D eigenvalue weighted by Crippen LogP contribution is -2.18. The molecule has 0 spiro atoms. The highest BCUT2D eigenvalue weighted by Crippen LogP contribution is 2.22. The molecule has 0 amide bonds. The van der Waals surface area contributed by atoms with Crippen molar-refractivity contribution in [1.29, 1.82) is 0 Å². The highest BCUT2D eigenvalue weighted by atomic mass is 16.6. The summed E-state index contributed by atoms with van der Waals surface area (Å²) in [6.07, 6.45) is 0. The lowest BCUT2D eigenvalue weighted by atomic mass is 10.1. The molecule has 26 heavy (non-hydrogen) atoms. The molecule has 2 aromatic carbocycles. The molecule has 0 aliphatic heterocycles. The molecule has 7 heteroatoms. The van der Waals surface area contributed by atoms with Gasteiger partial charge in [-0.05, 0) is 44.2 Å². The lowest BCUT2D eigenvalue weighted by molar-refractivity contribution is -0.384. The molecule has 0 fully saturated rings. The molecular formula is C19H20N4O3. The first-order chi connectivity index (χ1) is 12.4. The molecule has 3 rings (SSSR count). The van der Waals surface area contributed by atoms with Crippen molar-refractivity contribution in [3.8, 4) is 11.5 Å². The number of benzene rings is 2. The number of non-ortho nitro benzene ring substituents is 1. The van der Waals surface area contributed by atoms with E-state index in [4.69, 9.17) is 4.42 Å². The van der Waals surface area contributed by atoms with Crippen LogP contribution in [-0.2, 0) is 13.1 Å². The van der Waals surface area contributed by atoms with E-state index >= 15 is 0 Å². The largest absolute Gasteiger partial charge is 0.419 e. The third-order valence-electron chi connectivity index (χ3n) is 4.14. The van der Waals surface area contributed by atoms with Crippen LogP contribution < -0.4 is 0 Å². The molecule has 1 aromatic heterocycles. The minimum atomic E-state index is -0.439. The molecule has 0 aliphatic carbocycles. The highest BCUT2D eigenvalue weighted by molar-refractivity contribution is 5.55. The van der Waals surface area contributed by atoms with Gasteiger partial charge in [0.1, 0.15) is 0 Å². The fourth-order valence-corrected chi connectivity index (χ4v) is 2.76. The van der Waals surface area contributed by atoms with Crippen molar-refractivity contribution >= 4 is 5.69 Å². The Labute approximate surface area is 151 Å². The average Bonchev–Trinajstić information content (AvgIpc) is 3.06. The SMILES string of the molecule is Cc1ccc(CN(C)Cc2nnc(-c3ccc([N+](=O)[O-])cc3)o2)c(C)c1. The normalized spacial score (nSPS) is 11.1. The van der Waals surface area contributed by atoms with Gasteiger partial charge in [0.25, 0.3) is 5.69 Å². The van der Waals surface area contributed by atoms with Crippen LogP contribution in [0.4, 0.5) is 5.69 Å². The fraction of sp³-hybridized carbons (Fsp3) is 0.263. The maximum Gasteiger partial charge on any atom is 0.269 e. The first-order valence-corrected chi connectivity index (χ1v) is 8.24. The number of rotatable bonds is 6. The summed E-state index contributed by atoms with van der Waals surface area (Å²) in [6.45, 7) is 5.49. The maximum atomic E-state index is 10.7. The highest BCUT2D eigenvalue weighted by Gasteiger charge is 2.13. The molecule has 0 radical (unpaired) electrons. The van der Waals surface area contributed by atoms with Gasteiger partial charge >= 0.3 is 0 Å². The second kappa shape index (κ2) is 7.45. The van der Waals surface area contributed by atoms with Crippen LogP contribution >= 0.6 is 0 Å². The molecule has 0 bridgehead atoms. The molecule has 3 aromatic rings. The fourth-order valence-electron chi connectivity index (χ4n) is 2.76. The molecule has 0 N–H and O–H groups in total. The van der Waals surface area contributed by atoms with Crippen LogP contribution in [0.1, 0.15) is 22.6 Å². The van der Waals surface area contributed by atoms with Crippen molar-refractivity contribution in [2.24, 2.45) is 0 Å². The standard InChI is InChI=1S/C19H20N4O3/c1-13-4-5-16(14(2)10-13)11-22(3)12-18-20-21-19(26-18)15-6-8-17(9-7-15)23(24)25/h4-10H,11-12H2,1-3H3. The number of aromatic nitrogens is 2. The summed E-state index contributed by atoms with van der Waals surface area (Å²) in [5.74, 6) is 0.862. The Morgan fingerprint density at radius 3 is 2.46 bits per heavy atom. The van der Waals surface area contributed by atoms with E-state index in [0.717, 1.165) is 6.54 Å². The Bertz CT molecular complexity index is 919. The van der Waals surface area contributed by atoms with Crippen LogP contribution in [0.15, 0.2) is 46.9 Å². The van der Waals surface area contributed by atoms with E-state index < -0.39 is 4.92 Å². The predicted octanol–water partition coefficient (Wildman–Crippen LogP) is 3.89. The summed E-state index contributed by atoms with van der Waals surface area (Å²) in [5, 5.41) is 18.8. The minimum Gasteiger partial charge on any atom is -0.419 e. The predicted molar refractivity (Wildman–Crippen MR) is 97.5 cm³/mol. The number of nitro groups is 1. The summed E-state index contributed by atoms with van der Waals surface area (Å²) in [7, 11) is 2.00. The van der Waals surface area contributed by atoms with Crippen molar-refractivity contribution in [2.75, 3.05) is 7.05 Å². The molecule has 0 atom stereocenters. The Morgan fingerprint density at radius 1 is 1.08 bits per heavy atom. The second-order valence-corrected chi connectivity index (χ2v) is 6.41. The number of hydrogen-bond acceptors (Lipinski definition) is 6. The van der Waals surface area contributed by atoms with Gasteiger partial charge in [-0.25, -0.2) is 0 Å². The van der Waals surface area contributed by atoms with E-state index in [2.05, 4.69) is 47.1 Å². The van der Waals surface area contributed by atoms with Crippen molar-refractivity contribution in [3.63, 3.8) is 0 Å². The lowest BCUT2D eigenvalue weighted by Gasteiger charge is -2.16. The van der Waals surface area contributed by atoms with Gasteiger partial charge in [0.05, 0.1) is 11.5 Å². The number of hydrogen-bond donors (Lipinski definition) is 0. The minimum absolute atomic E-state index is 0.0293. The molecule has 7 nitrogen and oxygen atoms in total. The number of nitro benzene ring substituents is 1. The first kappa shape index (κ1) is 17.8. The Kier molecular flexibility index (Phi) is 5.09. The Balaban J connectivity index is 1.66. The van der Waals surface area contributed by atoms with Crippen molar-refractivity contribution in [2.45, 2.75) is 26.9 Å². The van der Waals surface area contributed by atoms with Gasteiger partial charge in [0, 0.05) is 24.2 Å². The van der Waals surface area contributed by atoms with Crippen LogP contribution in [-0.4, -0.2) is 27.1 Å². The van der Waals surface area contributed by atoms with E-state index in [9.17, 15) is 10.1 Å². The molecule has 0 unspecified atom stereocenters. The quantitative estimate of drug-likeness (QED) is 0.494. The van der Waals surface area contributed by atoms with Gasteiger partial charge < -0.3 is 4.42 Å². The van der Waals surface area contributed by atoms with Crippen molar-refractivity contribution in [1.82, 2.24) is 15.1 Å². The number of nitrogens with zero attached hydrogens (tertiary/aromatic N) is 4. The summed E-state index contributed by atoms with van der Waals surface area (Å²) in [5.41, 5.74) is 4.45. The second-order valence-electron chi connectivity index (χ2n) is 6.41. The molecule has 0 aliphatic rings. The zero-order valence-corrected chi connectivity index (χ0v) is 15.0. The van der Waals surface area contributed by atoms with Crippen LogP contribution in [0.2, 0.25) is 0 Å². The summed E-state index contributed by atoms with van der Waals surface area (Å²) in [6, 6.07) is 12.5. The van der Waals surface area contributed by atoms with Crippen molar-refractivity contribution in [3.05, 3.63) is 75.2 Å². The molecule has 0 saturated heterocycles. The van der Waals surface area contributed by atoms with Crippen LogP contribution in [0, 0.1) is 24.0 Å². The Morgan fingerprint density at radius 2 is 1.81 bits per heavy atom. The van der Waals surface area contributed by atoms with E-state index in [1.807, 2.05) is 7.05 Å². The van der Waals surface area contributed by atoms with E-state index in [0.29, 0.717) is 23.9 Å². The van der Waals surface area contributed by atoms with Crippen LogP contribution in [0.25, 0.3) is 11.5 Å². The van der Waals surface area contributed by atoms with E-state index in [1.54, 1.807) is 12.1 Å². The molecule has 1 heterocycles. The van der Waals surface area contributed by atoms with Gasteiger partial charge in [-0.15, -0.1) is 10.2 Å². The van der Waals surface area contributed by atoms with E-state index in [1.165, 1.54) is 28.8 Å². The third-order valence-corrected chi connectivity index (χ3v) is 4.14. The van der Waals surface area contributed by atoms with Gasteiger partial charge in [-0.1, -0.05) is 23.8 Å². The Hall–Kier alpha value is -3.06. The van der Waals surface area contributed by atoms with Crippen LogP contribution in [0.3, 0.4) is 0 Å². The molecular weight excluding hydrogens is 332 g/mol. The zero-order valence-electron chi connectivity index (χ0n) is 15.0. The van der Waals surface area contributed by atoms with Gasteiger partial charge in [0.2, 0.25) is 11.8 Å². The number of aryl methyl sites for hydroxylation is 2. The average molecular weight is 352 g/mol. The summed E-state index contributed by atoms with van der Waals surface area (Å²) >= 11 is 0. The topological polar surface area (TPSA) is 85.3 Å². The third kappa shape index (κ3) is 4.12. The zero-order chi connectivity index (χ0) is 18.7. The summed E-state index contributed by atoms with van der Waals surface area (Å²) in [4.78, 5) is 12.4. The van der Waals surface area contributed by atoms with Gasteiger partial charge in [-0.2, -0.15) is 0 Å². The van der Waals surface area contributed by atoms with Gasteiger partial charge in [0.15, 0.2) is 0 Å². The summed E-state index contributed by atoms with van der Waals surface area (Å²) < 4.78 is 5.69. The van der Waals surface area contributed by atoms with Crippen LogP contribution in [0.5, 0.6) is 0 Å².